The van der Waals surface area contributed by atoms with Crippen molar-refractivity contribution in [3.05, 3.63) is 27.7 Å². The number of hydrogen-bond donors (Lipinski definition) is 1. The summed E-state index contributed by atoms with van der Waals surface area (Å²) in [5.41, 5.74) is 1.92. The van der Waals surface area contributed by atoms with Crippen LogP contribution in [0.1, 0.15) is 49.8 Å². The Labute approximate surface area is 124 Å². The normalized spacial score (nSPS) is 22.6. The quantitative estimate of drug-likeness (QED) is 0.893. The molecule has 0 saturated heterocycles. The van der Waals surface area contributed by atoms with Crippen LogP contribution in [0.3, 0.4) is 0 Å². The number of hydrogen-bond acceptors (Lipinski definition) is 3. The summed E-state index contributed by atoms with van der Waals surface area (Å²) in [6.45, 7) is 0. The van der Waals surface area contributed by atoms with Gasteiger partial charge in [0.1, 0.15) is 0 Å². The van der Waals surface area contributed by atoms with Gasteiger partial charge in [0.2, 0.25) is 5.91 Å². The molecular weight excluding hydrogens is 266 g/mol. The summed E-state index contributed by atoms with van der Waals surface area (Å²) in [5, 5.41) is 7.50. The van der Waals surface area contributed by atoms with Crippen molar-refractivity contribution in [1.29, 1.82) is 0 Å². The van der Waals surface area contributed by atoms with E-state index in [2.05, 4.69) is 10.4 Å². The first kappa shape index (κ1) is 14.3. The van der Waals surface area contributed by atoms with E-state index >= 15 is 0 Å². The van der Waals surface area contributed by atoms with Gasteiger partial charge in [0.15, 0.2) is 0 Å². The van der Waals surface area contributed by atoms with Crippen LogP contribution in [0.4, 0.5) is 0 Å². The number of nitrogens with zero attached hydrogens (tertiary/aromatic N) is 2. The second-order valence-corrected chi connectivity index (χ2v) is 6.36. The highest BCUT2D eigenvalue weighted by atomic mass is 16.2. The molecule has 1 heterocycles. The Bertz CT molecular complexity index is 588. The largest absolute Gasteiger partial charge is 0.353 e. The van der Waals surface area contributed by atoms with Crippen LogP contribution in [0.25, 0.3) is 0 Å². The molecule has 114 valence electrons. The predicted molar refractivity (Wildman–Crippen MR) is 80.0 cm³/mol. The molecule has 1 amide bonds. The Morgan fingerprint density at radius 3 is 2.81 bits per heavy atom. The van der Waals surface area contributed by atoms with Crippen LogP contribution in [0, 0.1) is 5.92 Å². The molecule has 1 unspecified atom stereocenters. The highest BCUT2D eigenvalue weighted by molar-refractivity contribution is 5.79. The molecule has 0 spiro atoms. The van der Waals surface area contributed by atoms with Gasteiger partial charge in [0.05, 0.1) is 5.69 Å². The van der Waals surface area contributed by atoms with Gasteiger partial charge in [-0.15, -0.1) is 0 Å². The topological polar surface area (TPSA) is 64.0 Å². The van der Waals surface area contributed by atoms with Crippen molar-refractivity contribution in [3.8, 4) is 0 Å². The molecule has 1 aromatic rings. The van der Waals surface area contributed by atoms with E-state index in [0.29, 0.717) is 0 Å². The predicted octanol–water partition coefficient (Wildman–Crippen LogP) is 1.33. The van der Waals surface area contributed by atoms with Crippen molar-refractivity contribution in [1.82, 2.24) is 15.1 Å². The average Bonchev–Trinajstić information content (AvgIpc) is 2.49. The summed E-state index contributed by atoms with van der Waals surface area (Å²) in [6.07, 6.45) is 8.13. The Kier molecular flexibility index (Phi) is 4.08. The van der Waals surface area contributed by atoms with Gasteiger partial charge in [-0.25, -0.2) is 4.68 Å². The number of carbonyl (C=O) groups excluding carboxylic acids is 1. The lowest BCUT2D eigenvalue weighted by atomic mass is 9.87. The Morgan fingerprint density at radius 1 is 1.29 bits per heavy atom. The van der Waals surface area contributed by atoms with E-state index in [1.54, 1.807) is 13.1 Å². The first-order valence-corrected chi connectivity index (χ1v) is 8.00. The summed E-state index contributed by atoms with van der Waals surface area (Å²) in [6, 6.07) is 1.82. The van der Waals surface area contributed by atoms with Crippen molar-refractivity contribution in [2.45, 2.75) is 57.4 Å². The summed E-state index contributed by atoms with van der Waals surface area (Å²) in [4.78, 5) is 24.0. The van der Waals surface area contributed by atoms with Crippen LogP contribution >= 0.6 is 0 Å². The summed E-state index contributed by atoms with van der Waals surface area (Å²) in [5.74, 6) is 0.404. The highest BCUT2D eigenvalue weighted by Crippen LogP contribution is 2.25. The molecule has 1 saturated carbocycles. The third kappa shape index (κ3) is 3.17. The Balaban J connectivity index is 1.64. The number of amides is 1. The van der Waals surface area contributed by atoms with E-state index in [4.69, 9.17) is 0 Å². The number of fused-ring (bicyclic) bond motifs is 1. The molecule has 1 atom stereocenters. The minimum absolute atomic E-state index is 0.0759. The smallest absolute Gasteiger partial charge is 0.266 e. The Morgan fingerprint density at radius 2 is 2.05 bits per heavy atom. The van der Waals surface area contributed by atoms with E-state index in [0.717, 1.165) is 43.4 Å². The summed E-state index contributed by atoms with van der Waals surface area (Å²) < 4.78 is 1.39. The van der Waals surface area contributed by atoms with E-state index < -0.39 is 0 Å². The van der Waals surface area contributed by atoms with Crippen molar-refractivity contribution < 1.29 is 4.79 Å². The number of aromatic nitrogens is 2. The second-order valence-electron chi connectivity index (χ2n) is 6.36. The minimum atomic E-state index is -0.0759. The average molecular weight is 289 g/mol. The van der Waals surface area contributed by atoms with Crippen molar-refractivity contribution in [2.24, 2.45) is 13.0 Å². The fourth-order valence-electron chi connectivity index (χ4n) is 3.49. The second kappa shape index (κ2) is 6.00. The molecule has 5 nitrogen and oxygen atoms in total. The van der Waals surface area contributed by atoms with E-state index in [9.17, 15) is 9.59 Å². The maximum Gasteiger partial charge on any atom is 0.266 e. The van der Waals surface area contributed by atoms with Gasteiger partial charge in [-0.1, -0.05) is 19.3 Å². The monoisotopic (exact) mass is 289 g/mol. The number of carbonyl (C=O) groups is 1. The Hall–Kier alpha value is -1.65. The van der Waals surface area contributed by atoms with Gasteiger partial charge in [-0.3, -0.25) is 9.59 Å². The third-order valence-electron chi connectivity index (χ3n) is 4.78. The van der Waals surface area contributed by atoms with Crippen molar-refractivity contribution in [3.63, 3.8) is 0 Å². The first-order valence-electron chi connectivity index (χ1n) is 8.00. The number of rotatable bonds is 2. The van der Waals surface area contributed by atoms with Gasteiger partial charge >= 0.3 is 0 Å². The standard InChI is InChI=1S/C16H23N3O2/c1-19-15(20)10-12-9-13(7-8-14(12)18-19)17-16(21)11-5-3-2-4-6-11/h10-11,13H,2-9H2,1H3,(H,17,21). The van der Waals surface area contributed by atoms with Gasteiger partial charge in [0, 0.05) is 25.1 Å². The highest BCUT2D eigenvalue weighted by Gasteiger charge is 2.26. The SMILES string of the molecule is Cn1nc2c(cc1=O)CC(NC(=O)C1CCCCC1)CC2. The van der Waals surface area contributed by atoms with Gasteiger partial charge in [-0.2, -0.15) is 5.10 Å². The maximum absolute atomic E-state index is 12.3. The van der Waals surface area contributed by atoms with Crippen LogP contribution in [-0.2, 0) is 24.7 Å². The van der Waals surface area contributed by atoms with Crippen LogP contribution in [0.5, 0.6) is 0 Å². The zero-order valence-corrected chi connectivity index (χ0v) is 12.6. The summed E-state index contributed by atoms with van der Waals surface area (Å²) >= 11 is 0. The molecule has 1 N–H and O–H groups in total. The fraction of sp³-hybridized carbons (Fsp3) is 0.688. The van der Waals surface area contributed by atoms with E-state index in [1.165, 1.54) is 23.9 Å². The molecule has 5 heteroatoms. The minimum Gasteiger partial charge on any atom is -0.353 e. The fourth-order valence-corrected chi connectivity index (χ4v) is 3.49. The van der Waals surface area contributed by atoms with Crippen molar-refractivity contribution >= 4 is 5.91 Å². The van der Waals surface area contributed by atoms with Crippen LogP contribution in [-0.4, -0.2) is 21.7 Å². The summed E-state index contributed by atoms with van der Waals surface area (Å²) in [7, 11) is 1.68. The van der Waals surface area contributed by atoms with Gasteiger partial charge < -0.3 is 5.32 Å². The molecule has 0 aromatic carbocycles. The number of nitrogens with one attached hydrogen (secondary N) is 1. The lowest BCUT2D eigenvalue weighted by molar-refractivity contribution is -0.126. The maximum atomic E-state index is 12.3. The molecular formula is C16H23N3O2. The zero-order chi connectivity index (χ0) is 14.8. The van der Waals surface area contributed by atoms with E-state index in [1.807, 2.05) is 0 Å². The van der Waals surface area contributed by atoms with Crippen LogP contribution < -0.4 is 10.9 Å². The molecule has 0 radical (unpaired) electrons. The molecule has 0 aliphatic heterocycles. The van der Waals surface area contributed by atoms with Crippen molar-refractivity contribution in [2.75, 3.05) is 0 Å². The van der Waals surface area contributed by atoms with Crippen LogP contribution in [0.2, 0.25) is 0 Å². The zero-order valence-electron chi connectivity index (χ0n) is 12.6. The van der Waals surface area contributed by atoms with Gasteiger partial charge in [-0.05, 0) is 37.7 Å². The third-order valence-corrected chi connectivity index (χ3v) is 4.78. The molecule has 1 aromatic heterocycles. The molecule has 0 bridgehead atoms. The molecule has 2 aliphatic rings. The molecule has 2 aliphatic carbocycles. The lowest BCUT2D eigenvalue weighted by Gasteiger charge is -2.28. The van der Waals surface area contributed by atoms with E-state index in [-0.39, 0.29) is 23.4 Å². The van der Waals surface area contributed by atoms with Crippen LogP contribution in [0.15, 0.2) is 10.9 Å². The molecule has 1 fully saturated rings. The van der Waals surface area contributed by atoms with Gasteiger partial charge in [0.25, 0.3) is 5.56 Å². The molecule has 21 heavy (non-hydrogen) atoms. The lowest BCUT2D eigenvalue weighted by Crippen LogP contribution is -2.43. The molecule has 3 rings (SSSR count). The first-order chi connectivity index (χ1) is 10.1. The number of aryl methyl sites for hydroxylation is 2.